The zero-order chi connectivity index (χ0) is 16.6. The monoisotopic (exact) mass is 326 g/mol. The summed E-state index contributed by atoms with van der Waals surface area (Å²) >= 11 is 0. The van der Waals surface area contributed by atoms with Gasteiger partial charge < -0.3 is 0 Å². The Morgan fingerprint density at radius 2 is 1.30 bits per heavy atom. The molecule has 23 heavy (non-hydrogen) atoms. The lowest BCUT2D eigenvalue weighted by atomic mass is 9.99. The highest BCUT2D eigenvalue weighted by atomic mass is 17.2. The quantitative estimate of drug-likeness (QED) is 0.263. The molecule has 0 aliphatic carbocycles. The van der Waals surface area contributed by atoms with E-state index in [1.807, 2.05) is 0 Å². The summed E-state index contributed by atoms with van der Waals surface area (Å²) < 4.78 is 0. The molecule has 0 N–H and O–H groups in total. The van der Waals surface area contributed by atoms with Crippen LogP contribution in [0.3, 0.4) is 0 Å². The second-order valence-electron chi connectivity index (χ2n) is 7.72. The van der Waals surface area contributed by atoms with Crippen LogP contribution in [-0.2, 0) is 9.78 Å². The van der Waals surface area contributed by atoms with Crippen molar-refractivity contribution in [1.29, 1.82) is 0 Å². The van der Waals surface area contributed by atoms with Gasteiger partial charge in [-0.2, -0.15) is 0 Å². The maximum atomic E-state index is 5.55. The van der Waals surface area contributed by atoms with Crippen molar-refractivity contribution in [2.24, 2.45) is 5.92 Å². The largest absolute Gasteiger partial charge is 0.236 e. The van der Waals surface area contributed by atoms with Crippen LogP contribution in [0, 0.1) is 5.92 Å². The summed E-state index contributed by atoms with van der Waals surface area (Å²) in [5.41, 5.74) is 0. The van der Waals surface area contributed by atoms with Crippen LogP contribution < -0.4 is 0 Å². The van der Waals surface area contributed by atoms with Crippen LogP contribution in [0.5, 0.6) is 0 Å². The molecule has 2 unspecified atom stereocenters. The first-order valence-electron chi connectivity index (χ1n) is 10.6. The molecule has 0 saturated carbocycles. The highest BCUT2D eigenvalue weighted by molar-refractivity contribution is 4.62. The molecule has 1 fully saturated rings. The average Bonchev–Trinajstić information content (AvgIpc) is 2.53. The van der Waals surface area contributed by atoms with Crippen molar-refractivity contribution in [2.45, 2.75) is 123 Å². The van der Waals surface area contributed by atoms with E-state index in [1.54, 1.807) is 0 Å². The lowest BCUT2D eigenvalue weighted by molar-refractivity contribution is -0.336. The molecule has 0 radical (unpaired) electrons. The summed E-state index contributed by atoms with van der Waals surface area (Å²) in [5.74, 6) is 0.655. The van der Waals surface area contributed by atoms with E-state index >= 15 is 0 Å². The van der Waals surface area contributed by atoms with Gasteiger partial charge in [-0.15, -0.1) is 0 Å². The standard InChI is InChI=1S/C21H42O2/c1-3-4-5-6-7-8-9-10-11-12-13-14-17-21-18-15-16-20(2)19-22-23-21/h20-21H,3-19H2,1-2H3. The zero-order valence-corrected chi connectivity index (χ0v) is 16.0. The van der Waals surface area contributed by atoms with Crippen molar-refractivity contribution in [3.8, 4) is 0 Å². The summed E-state index contributed by atoms with van der Waals surface area (Å²) in [6.07, 6.45) is 22.3. The molecule has 1 aliphatic heterocycles. The predicted octanol–water partition coefficient (Wildman–Crippen LogP) is 7.21. The molecule has 138 valence electrons. The van der Waals surface area contributed by atoms with E-state index in [1.165, 1.54) is 103 Å². The second-order valence-corrected chi connectivity index (χ2v) is 7.72. The zero-order valence-electron chi connectivity index (χ0n) is 16.0. The minimum atomic E-state index is 0.352. The fourth-order valence-electron chi connectivity index (χ4n) is 3.48. The van der Waals surface area contributed by atoms with Crippen LogP contribution in [0.15, 0.2) is 0 Å². The van der Waals surface area contributed by atoms with E-state index < -0.39 is 0 Å². The second kappa shape index (κ2) is 15.4. The molecule has 0 spiro atoms. The highest BCUT2D eigenvalue weighted by Gasteiger charge is 2.15. The Morgan fingerprint density at radius 1 is 0.739 bits per heavy atom. The minimum absolute atomic E-state index is 0.352. The van der Waals surface area contributed by atoms with Crippen molar-refractivity contribution < 1.29 is 9.78 Å². The van der Waals surface area contributed by atoms with Crippen molar-refractivity contribution >= 4 is 0 Å². The van der Waals surface area contributed by atoms with Crippen LogP contribution in [0.25, 0.3) is 0 Å². The molecule has 0 bridgehead atoms. The Hall–Kier alpha value is -0.0800. The number of hydrogen-bond acceptors (Lipinski definition) is 2. The fourth-order valence-corrected chi connectivity index (χ4v) is 3.48. The SMILES string of the molecule is CCCCCCCCCCCCCCC1CCCC(C)COO1. The third kappa shape index (κ3) is 12.9. The Labute approximate surface area is 145 Å². The molecule has 0 aromatic rings. The first-order valence-corrected chi connectivity index (χ1v) is 10.6. The number of hydrogen-bond donors (Lipinski definition) is 0. The lowest BCUT2D eigenvalue weighted by Gasteiger charge is -2.22. The molecular weight excluding hydrogens is 284 g/mol. The van der Waals surface area contributed by atoms with Gasteiger partial charge >= 0.3 is 0 Å². The van der Waals surface area contributed by atoms with Crippen LogP contribution in [0.2, 0.25) is 0 Å². The van der Waals surface area contributed by atoms with Gasteiger partial charge in [0.05, 0.1) is 12.7 Å². The Balaban J connectivity index is 1.80. The molecule has 2 heteroatoms. The van der Waals surface area contributed by atoms with Crippen molar-refractivity contribution in [2.75, 3.05) is 6.61 Å². The van der Waals surface area contributed by atoms with Gasteiger partial charge in [-0.25, -0.2) is 9.78 Å². The van der Waals surface area contributed by atoms with Gasteiger partial charge in [-0.3, -0.25) is 0 Å². The molecule has 1 heterocycles. The molecular formula is C21H42O2. The normalized spacial score (nSPS) is 22.7. The molecule has 1 saturated heterocycles. The van der Waals surface area contributed by atoms with Crippen molar-refractivity contribution in [3.05, 3.63) is 0 Å². The van der Waals surface area contributed by atoms with Gasteiger partial charge in [0, 0.05) is 0 Å². The van der Waals surface area contributed by atoms with Crippen LogP contribution in [0.1, 0.15) is 117 Å². The van der Waals surface area contributed by atoms with Gasteiger partial charge in [0.1, 0.15) is 0 Å². The third-order valence-corrected chi connectivity index (χ3v) is 5.16. The van der Waals surface area contributed by atoms with E-state index in [4.69, 9.17) is 9.78 Å². The van der Waals surface area contributed by atoms with Crippen molar-refractivity contribution in [3.63, 3.8) is 0 Å². The minimum Gasteiger partial charge on any atom is -0.236 e. The molecule has 0 amide bonds. The highest BCUT2D eigenvalue weighted by Crippen LogP contribution is 2.20. The fraction of sp³-hybridized carbons (Fsp3) is 1.00. The van der Waals surface area contributed by atoms with E-state index in [2.05, 4.69) is 13.8 Å². The Bertz CT molecular complexity index is 232. The van der Waals surface area contributed by atoms with E-state index in [9.17, 15) is 0 Å². The number of unbranched alkanes of at least 4 members (excludes halogenated alkanes) is 11. The van der Waals surface area contributed by atoms with Gasteiger partial charge in [0.25, 0.3) is 0 Å². The van der Waals surface area contributed by atoms with Crippen LogP contribution >= 0.6 is 0 Å². The smallest absolute Gasteiger partial charge is 0.0930 e. The summed E-state index contributed by atoms with van der Waals surface area (Å²) in [5, 5.41) is 0. The van der Waals surface area contributed by atoms with Gasteiger partial charge in [0.2, 0.25) is 0 Å². The van der Waals surface area contributed by atoms with Crippen LogP contribution in [0.4, 0.5) is 0 Å². The molecule has 2 atom stereocenters. The van der Waals surface area contributed by atoms with E-state index in [0.717, 1.165) is 6.61 Å². The van der Waals surface area contributed by atoms with Gasteiger partial charge in [-0.05, 0) is 25.2 Å². The third-order valence-electron chi connectivity index (χ3n) is 5.16. The van der Waals surface area contributed by atoms with Gasteiger partial charge in [-0.1, -0.05) is 97.3 Å². The van der Waals surface area contributed by atoms with E-state index in [0.29, 0.717) is 12.0 Å². The maximum Gasteiger partial charge on any atom is 0.0930 e. The molecule has 1 aliphatic rings. The summed E-state index contributed by atoms with van der Waals surface area (Å²) in [7, 11) is 0. The molecule has 0 aromatic heterocycles. The van der Waals surface area contributed by atoms with Crippen LogP contribution in [-0.4, -0.2) is 12.7 Å². The first-order chi connectivity index (χ1) is 11.3. The Morgan fingerprint density at radius 3 is 1.91 bits per heavy atom. The first kappa shape index (κ1) is 21.0. The van der Waals surface area contributed by atoms with E-state index in [-0.39, 0.29) is 0 Å². The lowest BCUT2D eigenvalue weighted by Crippen LogP contribution is -2.19. The molecule has 2 nitrogen and oxygen atoms in total. The summed E-state index contributed by atoms with van der Waals surface area (Å²) in [4.78, 5) is 10.9. The Kier molecular flexibility index (Phi) is 14.1. The van der Waals surface area contributed by atoms with Crippen molar-refractivity contribution in [1.82, 2.24) is 0 Å². The van der Waals surface area contributed by atoms with Gasteiger partial charge in [0.15, 0.2) is 0 Å². The molecule has 0 aromatic carbocycles. The average molecular weight is 327 g/mol. The predicted molar refractivity (Wildman–Crippen MR) is 99.5 cm³/mol. The summed E-state index contributed by atoms with van der Waals surface area (Å²) in [6, 6.07) is 0. The maximum absolute atomic E-state index is 5.55. The summed E-state index contributed by atoms with van der Waals surface area (Å²) in [6.45, 7) is 5.31. The number of rotatable bonds is 13. The topological polar surface area (TPSA) is 18.5 Å². The molecule has 1 rings (SSSR count).